The Labute approximate surface area is 132 Å². The van der Waals surface area contributed by atoms with Gasteiger partial charge in [-0.3, -0.25) is 14.3 Å². The van der Waals surface area contributed by atoms with Crippen LogP contribution in [0.1, 0.15) is 19.3 Å². The molecule has 0 aromatic carbocycles. The van der Waals surface area contributed by atoms with Crippen molar-refractivity contribution in [3.63, 3.8) is 0 Å². The van der Waals surface area contributed by atoms with Crippen molar-refractivity contribution < 1.29 is 20.1 Å². The molecule has 0 radical (unpaired) electrons. The van der Waals surface area contributed by atoms with E-state index in [1.807, 2.05) is 0 Å². The number of aliphatic hydroxyl groups excluding tert-OH is 3. The summed E-state index contributed by atoms with van der Waals surface area (Å²) in [6, 6.07) is 1.26. The van der Waals surface area contributed by atoms with Gasteiger partial charge in [0.1, 0.15) is 18.3 Å². The molecule has 2 rings (SSSR count). The Morgan fingerprint density at radius 2 is 2.18 bits per heavy atom. The number of hydrogen-bond donors (Lipinski definition) is 5. The molecule has 4 atom stereocenters. The minimum Gasteiger partial charge on any atom is -0.394 e. The summed E-state index contributed by atoms with van der Waals surface area (Å²) in [5.41, 5.74) is 3.78. The third kappa shape index (κ3) is 3.00. The van der Waals surface area contributed by atoms with Crippen LogP contribution in [0.25, 0.3) is 0 Å². The van der Waals surface area contributed by atoms with E-state index in [1.54, 1.807) is 0 Å². The maximum Gasteiger partial charge on any atom is 0.251 e. The van der Waals surface area contributed by atoms with Gasteiger partial charge < -0.3 is 25.8 Å². The molecule has 0 amide bonds. The fraction of sp³-hybridized carbons (Fsp3) is 0.692. The lowest BCUT2D eigenvalue weighted by Crippen LogP contribution is -2.46. The van der Waals surface area contributed by atoms with Gasteiger partial charge in [0.15, 0.2) is 10.5 Å². The topological polar surface area (TPSA) is 134 Å². The van der Waals surface area contributed by atoms with Gasteiger partial charge in [-0.2, -0.15) is 0 Å². The summed E-state index contributed by atoms with van der Waals surface area (Å²) in [5.74, 6) is 0. The van der Waals surface area contributed by atoms with Crippen molar-refractivity contribution >= 4 is 12.2 Å². The van der Waals surface area contributed by atoms with Crippen molar-refractivity contribution in [2.75, 3.05) is 13.2 Å². The van der Waals surface area contributed by atoms with Crippen LogP contribution in [-0.4, -0.2) is 56.3 Å². The summed E-state index contributed by atoms with van der Waals surface area (Å²) < 4.78 is 7.25. The molecule has 0 saturated carbocycles. The van der Waals surface area contributed by atoms with Gasteiger partial charge in [0.2, 0.25) is 0 Å². The van der Waals surface area contributed by atoms with Crippen LogP contribution in [-0.2, 0) is 10.5 Å². The van der Waals surface area contributed by atoms with E-state index in [2.05, 4.69) is 4.98 Å². The van der Waals surface area contributed by atoms with Gasteiger partial charge in [0, 0.05) is 12.3 Å². The van der Waals surface area contributed by atoms with Crippen molar-refractivity contribution in [1.29, 1.82) is 0 Å². The van der Waals surface area contributed by atoms with E-state index in [1.165, 1.54) is 16.8 Å². The molecule has 22 heavy (non-hydrogen) atoms. The first-order valence-corrected chi connectivity index (χ1v) is 7.54. The number of aliphatic hydroxyl groups is 3. The summed E-state index contributed by atoms with van der Waals surface area (Å²) in [6.45, 7) is 0.0444. The lowest BCUT2D eigenvalue weighted by Gasteiger charge is -2.34. The maximum atomic E-state index is 11.3. The molecule has 1 fully saturated rings. The van der Waals surface area contributed by atoms with Crippen molar-refractivity contribution in [1.82, 2.24) is 9.55 Å². The van der Waals surface area contributed by atoms with Gasteiger partial charge >= 0.3 is 0 Å². The van der Waals surface area contributed by atoms with Crippen LogP contribution < -0.4 is 11.3 Å². The van der Waals surface area contributed by atoms with Crippen LogP contribution in [0.3, 0.4) is 0 Å². The molecule has 0 aliphatic carbocycles. The van der Waals surface area contributed by atoms with Crippen LogP contribution in [0, 0.1) is 4.77 Å². The Morgan fingerprint density at radius 1 is 1.45 bits per heavy atom. The predicted molar refractivity (Wildman–Crippen MR) is 80.7 cm³/mol. The Bertz CT molecular complexity index is 618. The molecule has 9 heteroatoms. The van der Waals surface area contributed by atoms with Gasteiger partial charge in [0.25, 0.3) is 5.56 Å². The zero-order chi connectivity index (χ0) is 16.3. The Morgan fingerprint density at radius 3 is 2.73 bits per heavy atom. The zero-order valence-corrected chi connectivity index (χ0v) is 12.8. The molecule has 1 aliphatic heterocycles. The van der Waals surface area contributed by atoms with Crippen LogP contribution in [0.15, 0.2) is 17.1 Å². The average Bonchev–Trinajstić information content (AvgIpc) is 2.73. The maximum absolute atomic E-state index is 11.3. The smallest absolute Gasteiger partial charge is 0.251 e. The van der Waals surface area contributed by atoms with Crippen LogP contribution in [0.4, 0.5) is 0 Å². The van der Waals surface area contributed by atoms with Gasteiger partial charge in [-0.15, -0.1) is 0 Å². The highest BCUT2D eigenvalue weighted by Crippen LogP contribution is 2.39. The van der Waals surface area contributed by atoms with Crippen molar-refractivity contribution in [2.45, 2.75) is 43.3 Å². The van der Waals surface area contributed by atoms with Crippen LogP contribution in [0.5, 0.6) is 0 Å². The molecule has 0 unspecified atom stereocenters. The minimum absolute atomic E-state index is 0.0742. The second-order valence-corrected chi connectivity index (χ2v) is 5.73. The molecule has 1 aromatic heterocycles. The van der Waals surface area contributed by atoms with Crippen LogP contribution >= 0.6 is 12.2 Å². The van der Waals surface area contributed by atoms with Gasteiger partial charge in [-0.1, -0.05) is 0 Å². The van der Waals surface area contributed by atoms with Crippen molar-refractivity contribution in [3.8, 4) is 0 Å². The van der Waals surface area contributed by atoms with E-state index in [0.717, 1.165) is 0 Å². The average molecular weight is 331 g/mol. The first-order valence-electron chi connectivity index (χ1n) is 7.13. The Kier molecular flexibility index (Phi) is 5.48. The number of nitrogens with zero attached hydrogens (tertiary/aromatic N) is 1. The van der Waals surface area contributed by atoms with E-state index >= 15 is 0 Å². The number of nitrogens with two attached hydrogens (primary N) is 1. The second kappa shape index (κ2) is 6.99. The molecule has 0 bridgehead atoms. The number of H-pyrrole nitrogens is 1. The highest BCUT2D eigenvalue weighted by molar-refractivity contribution is 7.71. The van der Waals surface area contributed by atoms with E-state index in [0.29, 0.717) is 25.8 Å². The number of hydrogen-bond acceptors (Lipinski definition) is 7. The lowest BCUT2D eigenvalue weighted by atomic mass is 9.96. The SMILES string of the molecule is NCCCC[C@@]1(n2ccc(=O)[nH]c2=S)O[C@H](CO)[C@@H](O)[C@H]1O. The lowest BCUT2D eigenvalue weighted by molar-refractivity contribution is -0.155. The molecular weight excluding hydrogens is 310 g/mol. The van der Waals surface area contributed by atoms with Gasteiger partial charge in [0.05, 0.1) is 6.61 Å². The molecule has 6 N–H and O–H groups in total. The molecular formula is C13H21N3O5S. The molecule has 0 spiro atoms. The number of aromatic amines is 1. The third-order valence-electron chi connectivity index (χ3n) is 3.92. The summed E-state index contributed by atoms with van der Waals surface area (Å²) in [7, 11) is 0. The first-order chi connectivity index (χ1) is 10.5. The van der Waals surface area contributed by atoms with E-state index in [9.17, 15) is 20.1 Å². The van der Waals surface area contributed by atoms with Crippen LogP contribution in [0.2, 0.25) is 0 Å². The number of unbranched alkanes of at least 4 members (excludes halogenated alkanes) is 1. The van der Waals surface area contributed by atoms with Gasteiger partial charge in [-0.25, -0.2) is 0 Å². The Balaban J connectivity index is 2.46. The van der Waals surface area contributed by atoms with E-state index in [-0.39, 0.29) is 10.3 Å². The van der Waals surface area contributed by atoms with Crippen molar-refractivity contribution in [2.24, 2.45) is 5.73 Å². The molecule has 1 aromatic rings. The molecule has 8 nitrogen and oxygen atoms in total. The standard InChI is InChI=1S/C13H21N3O5S/c14-5-2-1-4-13(11(20)10(19)8(7-17)21-13)16-6-3-9(18)15-12(16)22/h3,6,8,10-11,17,19-20H,1-2,4-5,7,14H2,(H,15,18,22)/t8-,10-,11-,13-/m1/s1. The highest BCUT2D eigenvalue weighted by Gasteiger charge is 2.54. The Hall–Kier alpha value is -1.10. The fourth-order valence-electron chi connectivity index (χ4n) is 2.78. The summed E-state index contributed by atoms with van der Waals surface area (Å²) in [4.78, 5) is 13.8. The molecule has 2 heterocycles. The zero-order valence-electron chi connectivity index (χ0n) is 12.0. The summed E-state index contributed by atoms with van der Waals surface area (Å²) in [5, 5.41) is 29.9. The van der Waals surface area contributed by atoms with E-state index in [4.69, 9.17) is 22.7 Å². The molecule has 1 aliphatic rings. The predicted octanol–water partition coefficient (Wildman–Crippen LogP) is -1.20. The summed E-state index contributed by atoms with van der Waals surface area (Å²) in [6.07, 6.45) is -0.398. The quantitative estimate of drug-likeness (QED) is 0.326. The normalized spacial score (nSPS) is 31.5. The highest BCUT2D eigenvalue weighted by atomic mass is 32.1. The monoisotopic (exact) mass is 331 g/mol. The number of rotatable bonds is 6. The largest absolute Gasteiger partial charge is 0.394 e. The minimum atomic E-state index is -1.34. The van der Waals surface area contributed by atoms with E-state index < -0.39 is 30.6 Å². The number of aromatic nitrogens is 2. The number of nitrogens with one attached hydrogen (secondary N) is 1. The van der Waals surface area contributed by atoms with Gasteiger partial charge in [-0.05, 0) is 38.0 Å². The summed E-state index contributed by atoms with van der Waals surface area (Å²) >= 11 is 5.14. The molecule has 124 valence electrons. The first kappa shape index (κ1) is 17.3. The van der Waals surface area contributed by atoms with Crippen molar-refractivity contribution in [3.05, 3.63) is 27.4 Å². The third-order valence-corrected chi connectivity index (χ3v) is 4.22. The number of ether oxygens (including phenoxy) is 1. The fourth-order valence-corrected chi connectivity index (χ4v) is 3.10. The molecule has 1 saturated heterocycles. The second-order valence-electron chi connectivity index (χ2n) is 5.35.